The zero-order chi connectivity index (χ0) is 13.9. The summed E-state index contributed by atoms with van der Waals surface area (Å²) in [6.45, 7) is 5.86. The summed E-state index contributed by atoms with van der Waals surface area (Å²) in [5, 5.41) is 0. The van der Waals surface area contributed by atoms with Crippen molar-refractivity contribution in [3.05, 3.63) is 0 Å². The minimum atomic E-state index is -0.521. The van der Waals surface area contributed by atoms with Crippen LogP contribution in [0.4, 0.5) is 0 Å². The van der Waals surface area contributed by atoms with Gasteiger partial charge in [-0.3, -0.25) is 4.79 Å². The second-order valence-electron chi connectivity index (χ2n) is 6.19. The third-order valence-corrected chi connectivity index (χ3v) is 3.85. The van der Waals surface area contributed by atoms with Gasteiger partial charge in [-0.1, -0.05) is 12.8 Å². The molecule has 0 unspecified atom stereocenters. The highest BCUT2D eigenvalue weighted by atomic mass is 16.7. The summed E-state index contributed by atoms with van der Waals surface area (Å²) < 4.78 is 17.2. The normalized spacial score (nSPS) is 36.8. The number of carbonyl (C=O) groups excluding carboxylic acids is 1. The van der Waals surface area contributed by atoms with E-state index in [0.717, 1.165) is 32.1 Å². The van der Waals surface area contributed by atoms with Gasteiger partial charge in [0.15, 0.2) is 5.79 Å². The predicted octanol–water partition coefficient (Wildman–Crippen LogP) is 3.18. The maximum absolute atomic E-state index is 11.7. The van der Waals surface area contributed by atoms with Gasteiger partial charge in [0.1, 0.15) is 0 Å². The number of hydrogen-bond acceptors (Lipinski definition) is 4. The van der Waals surface area contributed by atoms with Crippen LogP contribution in [0.1, 0.15) is 65.7 Å². The maximum Gasteiger partial charge on any atom is 0.306 e. The Bertz CT molecular complexity index is 313. The van der Waals surface area contributed by atoms with Crippen molar-refractivity contribution in [1.29, 1.82) is 0 Å². The standard InChI is InChI=1S/C15H26O4/c1-11-7-5-4-6-8-12-13(9-10-14(16)17-11)19-15(2,3)18-12/h11-13H,4-10H2,1-3H3/t11-,12-,13-/m1/s1. The van der Waals surface area contributed by atoms with E-state index in [4.69, 9.17) is 14.2 Å². The van der Waals surface area contributed by atoms with Crippen molar-refractivity contribution in [1.82, 2.24) is 0 Å². The second-order valence-corrected chi connectivity index (χ2v) is 6.19. The number of hydrogen-bond donors (Lipinski definition) is 0. The molecule has 2 heterocycles. The molecular weight excluding hydrogens is 244 g/mol. The summed E-state index contributed by atoms with van der Waals surface area (Å²) in [5.74, 6) is -0.632. The molecular formula is C15H26O4. The van der Waals surface area contributed by atoms with Crippen LogP contribution in [0.15, 0.2) is 0 Å². The number of rotatable bonds is 0. The van der Waals surface area contributed by atoms with Gasteiger partial charge in [0.25, 0.3) is 0 Å². The zero-order valence-electron chi connectivity index (χ0n) is 12.3. The average Bonchev–Trinajstić information content (AvgIpc) is 2.59. The van der Waals surface area contributed by atoms with Crippen LogP contribution in [0.25, 0.3) is 0 Å². The fraction of sp³-hybridized carbons (Fsp3) is 0.933. The van der Waals surface area contributed by atoms with Crippen molar-refractivity contribution >= 4 is 5.97 Å². The topological polar surface area (TPSA) is 44.8 Å². The second kappa shape index (κ2) is 6.23. The number of esters is 1. The quantitative estimate of drug-likeness (QED) is 0.634. The van der Waals surface area contributed by atoms with Gasteiger partial charge in [0.2, 0.25) is 0 Å². The third-order valence-electron chi connectivity index (χ3n) is 3.85. The van der Waals surface area contributed by atoms with Crippen LogP contribution in [0.5, 0.6) is 0 Å². The maximum atomic E-state index is 11.7. The highest BCUT2D eigenvalue weighted by Crippen LogP contribution is 2.33. The molecule has 2 saturated heterocycles. The van der Waals surface area contributed by atoms with E-state index in [-0.39, 0.29) is 24.3 Å². The number of fused-ring (bicyclic) bond motifs is 1. The van der Waals surface area contributed by atoms with E-state index in [1.807, 2.05) is 20.8 Å². The third kappa shape index (κ3) is 4.46. The van der Waals surface area contributed by atoms with Gasteiger partial charge in [-0.2, -0.15) is 0 Å². The first kappa shape index (κ1) is 14.8. The molecule has 0 spiro atoms. The van der Waals surface area contributed by atoms with E-state index in [9.17, 15) is 4.79 Å². The van der Waals surface area contributed by atoms with Crippen molar-refractivity contribution in [2.24, 2.45) is 0 Å². The van der Waals surface area contributed by atoms with Gasteiger partial charge in [-0.05, 0) is 46.5 Å². The van der Waals surface area contributed by atoms with Crippen LogP contribution in [0, 0.1) is 0 Å². The molecule has 0 amide bonds. The first-order valence-electron chi connectivity index (χ1n) is 7.51. The lowest BCUT2D eigenvalue weighted by Gasteiger charge is -2.19. The molecule has 110 valence electrons. The molecule has 19 heavy (non-hydrogen) atoms. The van der Waals surface area contributed by atoms with E-state index in [0.29, 0.717) is 12.8 Å². The molecule has 0 aromatic rings. The molecule has 4 heteroatoms. The molecule has 2 fully saturated rings. The van der Waals surface area contributed by atoms with Crippen LogP contribution >= 0.6 is 0 Å². The molecule has 0 aliphatic carbocycles. The van der Waals surface area contributed by atoms with Crippen LogP contribution in [0.2, 0.25) is 0 Å². The lowest BCUT2D eigenvalue weighted by molar-refractivity contribution is -0.153. The summed E-state index contributed by atoms with van der Waals surface area (Å²) in [7, 11) is 0. The summed E-state index contributed by atoms with van der Waals surface area (Å²) in [6, 6.07) is 0. The number of ether oxygens (including phenoxy) is 3. The van der Waals surface area contributed by atoms with Crippen molar-refractivity contribution < 1.29 is 19.0 Å². The van der Waals surface area contributed by atoms with Crippen molar-refractivity contribution in [3.8, 4) is 0 Å². The highest BCUT2D eigenvalue weighted by Gasteiger charge is 2.40. The minimum absolute atomic E-state index is 0.0253. The Hall–Kier alpha value is -0.610. The first-order chi connectivity index (χ1) is 8.96. The molecule has 2 aliphatic heterocycles. The van der Waals surface area contributed by atoms with E-state index < -0.39 is 5.79 Å². The summed E-state index contributed by atoms with van der Waals surface area (Å²) >= 11 is 0. The van der Waals surface area contributed by atoms with Gasteiger partial charge in [0, 0.05) is 6.42 Å². The predicted molar refractivity (Wildman–Crippen MR) is 71.7 cm³/mol. The lowest BCUT2D eigenvalue weighted by Crippen LogP contribution is -2.25. The van der Waals surface area contributed by atoms with Gasteiger partial charge >= 0.3 is 5.97 Å². The van der Waals surface area contributed by atoms with Crippen LogP contribution in [-0.2, 0) is 19.0 Å². The molecule has 0 bridgehead atoms. The van der Waals surface area contributed by atoms with Gasteiger partial charge in [0.05, 0.1) is 18.3 Å². The molecule has 4 nitrogen and oxygen atoms in total. The van der Waals surface area contributed by atoms with Crippen molar-refractivity contribution in [2.75, 3.05) is 0 Å². The average molecular weight is 270 g/mol. The molecule has 0 aromatic heterocycles. The Morgan fingerprint density at radius 2 is 1.63 bits per heavy atom. The smallest absolute Gasteiger partial charge is 0.306 e. The SMILES string of the molecule is C[C@@H]1CCCCC[C@H]2OC(C)(C)O[C@@H]2CCC(=O)O1. The molecule has 2 rings (SSSR count). The van der Waals surface area contributed by atoms with E-state index in [2.05, 4.69) is 0 Å². The molecule has 0 N–H and O–H groups in total. The first-order valence-corrected chi connectivity index (χ1v) is 7.51. The van der Waals surface area contributed by atoms with Gasteiger partial charge in [-0.25, -0.2) is 0 Å². The fourth-order valence-electron chi connectivity index (χ4n) is 2.95. The number of cyclic esters (lactones) is 1. The highest BCUT2D eigenvalue weighted by molar-refractivity contribution is 5.69. The zero-order valence-corrected chi connectivity index (χ0v) is 12.3. The summed E-state index contributed by atoms with van der Waals surface area (Å²) in [5.41, 5.74) is 0. The van der Waals surface area contributed by atoms with Gasteiger partial charge in [-0.15, -0.1) is 0 Å². The molecule has 0 saturated carbocycles. The summed E-state index contributed by atoms with van der Waals surface area (Å²) in [6.07, 6.45) is 6.72. The lowest BCUT2D eigenvalue weighted by atomic mass is 10.0. The Labute approximate surface area is 115 Å². The van der Waals surface area contributed by atoms with Crippen LogP contribution in [0.3, 0.4) is 0 Å². The van der Waals surface area contributed by atoms with E-state index >= 15 is 0 Å². The van der Waals surface area contributed by atoms with Crippen LogP contribution < -0.4 is 0 Å². The summed E-state index contributed by atoms with van der Waals surface area (Å²) in [4.78, 5) is 11.7. The van der Waals surface area contributed by atoms with Crippen molar-refractivity contribution in [3.63, 3.8) is 0 Å². The molecule has 0 radical (unpaired) electrons. The van der Waals surface area contributed by atoms with Crippen molar-refractivity contribution in [2.45, 2.75) is 89.8 Å². The Balaban J connectivity index is 1.96. The molecule has 3 atom stereocenters. The Morgan fingerprint density at radius 1 is 1.00 bits per heavy atom. The fourth-order valence-corrected chi connectivity index (χ4v) is 2.95. The minimum Gasteiger partial charge on any atom is -0.463 e. The number of carbonyl (C=O) groups is 1. The van der Waals surface area contributed by atoms with Crippen LogP contribution in [-0.4, -0.2) is 30.1 Å². The monoisotopic (exact) mass is 270 g/mol. The largest absolute Gasteiger partial charge is 0.463 e. The Kier molecular flexibility index (Phi) is 4.85. The molecule has 2 aliphatic rings. The molecule has 0 aromatic carbocycles. The van der Waals surface area contributed by atoms with E-state index in [1.165, 1.54) is 0 Å². The Morgan fingerprint density at radius 3 is 2.37 bits per heavy atom. The van der Waals surface area contributed by atoms with Gasteiger partial charge < -0.3 is 14.2 Å². The van der Waals surface area contributed by atoms with E-state index in [1.54, 1.807) is 0 Å².